The molecule has 0 radical (unpaired) electrons. The Kier molecular flexibility index (Phi) is 9.63. The highest BCUT2D eigenvalue weighted by Crippen LogP contribution is 2.24. The molecular formula is C21H29NO6. The van der Waals surface area contributed by atoms with Gasteiger partial charge >= 0.3 is 0 Å². The molecule has 1 atom stereocenters. The predicted octanol–water partition coefficient (Wildman–Crippen LogP) is 2.39. The second-order valence-corrected chi connectivity index (χ2v) is 6.30. The van der Waals surface area contributed by atoms with Gasteiger partial charge in [0.05, 0.1) is 78.4 Å². The molecule has 2 aromatic rings. The van der Waals surface area contributed by atoms with Crippen molar-refractivity contribution < 1.29 is 28.4 Å². The van der Waals surface area contributed by atoms with Gasteiger partial charge in [-0.05, 0) is 11.5 Å². The normalized spacial score (nSPS) is 22.4. The molecular weight excluding hydrogens is 362 g/mol. The Bertz CT molecular complexity index is 659. The van der Waals surface area contributed by atoms with Crippen LogP contribution in [0.1, 0.15) is 11.8 Å². The number of pyridine rings is 1. The Balaban J connectivity index is 1.60. The minimum Gasteiger partial charge on any atom is -0.377 e. The molecule has 0 spiro atoms. The SMILES string of the molecule is c1ccc2c(C3COCCOCCOCCOCCOCCO3)nccc2c1. The van der Waals surface area contributed by atoms with Crippen LogP contribution in [-0.4, -0.2) is 77.7 Å². The second kappa shape index (κ2) is 12.8. The largest absolute Gasteiger partial charge is 0.377 e. The van der Waals surface area contributed by atoms with Gasteiger partial charge in [0.15, 0.2) is 0 Å². The molecule has 7 nitrogen and oxygen atoms in total. The van der Waals surface area contributed by atoms with Crippen molar-refractivity contribution in [2.24, 2.45) is 0 Å². The topological polar surface area (TPSA) is 68.3 Å². The van der Waals surface area contributed by atoms with E-state index in [-0.39, 0.29) is 6.10 Å². The summed E-state index contributed by atoms with van der Waals surface area (Å²) in [5, 5.41) is 2.20. The van der Waals surface area contributed by atoms with Crippen molar-refractivity contribution in [2.45, 2.75) is 6.10 Å². The zero-order valence-electron chi connectivity index (χ0n) is 16.2. The smallest absolute Gasteiger partial charge is 0.123 e. The highest BCUT2D eigenvalue weighted by atomic mass is 16.6. The second-order valence-electron chi connectivity index (χ2n) is 6.30. The number of rotatable bonds is 1. The minimum atomic E-state index is -0.270. The van der Waals surface area contributed by atoms with E-state index in [1.165, 1.54) is 0 Å². The van der Waals surface area contributed by atoms with E-state index in [1.807, 2.05) is 24.4 Å². The molecule has 1 fully saturated rings. The maximum Gasteiger partial charge on any atom is 0.123 e. The van der Waals surface area contributed by atoms with Gasteiger partial charge in [0, 0.05) is 11.6 Å². The van der Waals surface area contributed by atoms with Crippen LogP contribution >= 0.6 is 0 Å². The van der Waals surface area contributed by atoms with Crippen LogP contribution < -0.4 is 0 Å². The Morgan fingerprint density at radius 1 is 0.643 bits per heavy atom. The third-order valence-electron chi connectivity index (χ3n) is 4.31. The highest BCUT2D eigenvalue weighted by molar-refractivity contribution is 5.84. The van der Waals surface area contributed by atoms with Crippen LogP contribution in [-0.2, 0) is 28.4 Å². The number of fused-ring (bicyclic) bond motifs is 1. The summed E-state index contributed by atoms with van der Waals surface area (Å²) in [5.41, 5.74) is 0.880. The lowest BCUT2D eigenvalue weighted by Gasteiger charge is -2.19. The van der Waals surface area contributed by atoms with E-state index in [0.717, 1.165) is 16.5 Å². The summed E-state index contributed by atoms with van der Waals surface area (Å²) >= 11 is 0. The maximum atomic E-state index is 6.07. The van der Waals surface area contributed by atoms with Crippen molar-refractivity contribution in [3.05, 3.63) is 42.2 Å². The van der Waals surface area contributed by atoms with E-state index in [2.05, 4.69) is 17.1 Å². The summed E-state index contributed by atoms with van der Waals surface area (Å²) in [6, 6.07) is 10.2. The van der Waals surface area contributed by atoms with Gasteiger partial charge in [-0.1, -0.05) is 24.3 Å². The van der Waals surface area contributed by atoms with Gasteiger partial charge in [0.1, 0.15) is 6.10 Å². The molecule has 1 saturated heterocycles. The standard InChI is InChI=1S/C21H29NO6/c1-2-4-19-18(3-1)5-6-22-21(19)20-17-27-14-13-25-10-9-23-7-8-24-11-12-26-15-16-28-20/h1-6,20H,7-17H2. The molecule has 1 aromatic heterocycles. The molecule has 3 rings (SSSR count). The van der Waals surface area contributed by atoms with Crippen molar-refractivity contribution in [1.29, 1.82) is 0 Å². The fraction of sp³-hybridized carbons (Fsp3) is 0.571. The molecule has 1 aliphatic heterocycles. The summed E-state index contributed by atoms with van der Waals surface area (Å²) in [4.78, 5) is 4.57. The van der Waals surface area contributed by atoms with Crippen molar-refractivity contribution in [1.82, 2.24) is 4.98 Å². The zero-order valence-corrected chi connectivity index (χ0v) is 16.2. The lowest BCUT2D eigenvalue weighted by Crippen LogP contribution is -2.19. The third kappa shape index (κ3) is 7.09. The lowest BCUT2D eigenvalue weighted by atomic mass is 10.1. The molecule has 1 unspecified atom stereocenters. The number of hydrogen-bond acceptors (Lipinski definition) is 7. The summed E-state index contributed by atoms with van der Waals surface area (Å²) in [6.45, 7) is 5.62. The Morgan fingerprint density at radius 3 is 1.89 bits per heavy atom. The van der Waals surface area contributed by atoms with E-state index in [9.17, 15) is 0 Å². The van der Waals surface area contributed by atoms with Gasteiger partial charge in [-0.3, -0.25) is 4.98 Å². The molecule has 1 aliphatic rings. The van der Waals surface area contributed by atoms with Gasteiger partial charge in [0.25, 0.3) is 0 Å². The molecule has 154 valence electrons. The van der Waals surface area contributed by atoms with Crippen LogP contribution in [0.3, 0.4) is 0 Å². The Morgan fingerprint density at radius 2 is 1.21 bits per heavy atom. The predicted molar refractivity (Wildman–Crippen MR) is 105 cm³/mol. The number of ether oxygens (including phenoxy) is 6. The van der Waals surface area contributed by atoms with Crippen LogP contribution in [0.25, 0.3) is 10.8 Å². The fourth-order valence-corrected chi connectivity index (χ4v) is 2.92. The summed E-state index contributed by atoms with van der Waals surface area (Å²) < 4.78 is 33.9. The number of nitrogens with zero attached hydrogens (tertiary/aromatic N) is 1. The molecule has 0 amide bonds. The first-order valence-corrected chi connectivity index (χ1v) is 9.79. The average molecular weight is 391 g/mol. The molecule has 0 saturated carbocycles. The van der Waals surface area contributed by atoms with Crippen LogP contribution in [0.4, 0.5) is 0 Å². The van der Waals surface area contributed by atoms with Gasteiger partial charge < -0.3 is 28.4 Å². The van der Waals surface area contributed by atoms with Gasteiger partial charge in [-0.25, -0.2) is 0 Å². The Hall–Kier alpha value is -1.61. The van der Waals surface area contributed by atoms with E-state index < -0.39 is 0 Å². The van der Waals surface area contributed by atoms with E-state index >= 15 is 0 Å². The van der Waals surface area contributed by atoms with Crippen LogP contribution in [0.2, 0.25) is 0 Å². The quantitative estimate of drug-likeness (QED) is 0.739. The van der Waals surface area contributed by atoms with Crippen LogP contribution in [0.15, 0.2) is 36.5 Å². The molecule has 0 bridgehead atoms. The molecule has 2 heterocycles. The van der Waals surface area contributed by atoms with Crippen molar-refractivity contribution in [3.63, 3.8) is 0 Å². The van der Waals surface area contributed by atoms with Crippen molar-refractivity contribution in [3.8, 4) is 0 Å². The summed E-state index contributed by atoms with van der Waals surface area (Å²) in [6.07, 6.45) is 1.54. The van der Waals surface area contributed by atoms with Gasteiger partial charge in [-0.15, -0.1) is 0 Å². The fourth-order valence-electron chi connectivity index (χ4n) is 2.92. The number of hydrogen-bond donors (Lipinski definition) is 0. The molecule has 0 N–H and O–H groups in total. The highest BCUT2D eigenvalue weighted by Gasteiger charge is 2.17. The van der Waals surface area contributed by atoms with Crippen molar-refractivity contribution >= 4 is 10.8 Å². The number of aromatic nitrogens is 1. The summed E-state index contributed by atoms with van der Waals surface area (Å²) in [5.74, 6) is 0. The average Bonchev–Trinajstić information content (AvgIpc) is 2.73. The molecule has 1 aromatic carbocycles. The first-order valence-electron chi connectivity index (χ1n) is 9.79. The van der Waals surface area contributed by atoms with Crippen molar-refractivity contribution in [2.75, 3.05) is 72.7 Å². The van der Waals surface area contributed by atoms with Crippen LogP contribution in [0.5, 0.6) is 0 Å². The molecule has 7 heteroatoms. The first kappa shape index (κ1) is 21.1. The molecule has 0 aliphatic carbocycles. The van der Waals surface area contributed by atoms with E-state index in [1.54, 1.807) is 0 Å². The summed E-state index contributed by atoms with van der Waals surface area (Å²) in [7, 11) is 0. The van der Waals surface area contributed by atoms with E-state index in [4.69, 9.17) is 28.4 Å². The van der Waals surface area contributed by atoms with Gasteiger partial charge in [-0.2, -0.15) is 0 Å². The van der Waals surface area contributed by atoms with E-state index in [0.29, 0.717) is 72.7 Å². The minimum absolute atomic E-state index is 0.270. The lowest BCUT2D eigenvalue weighted by molar-refractivity contribution is -0.0623. The third-order valence-corrected chi connectivity index (χ3v) is 4.31. The molecule has 28 heavy (non-hydrogen) atoms. The first-order chi connectivity index (χ1) is 13.9. The Labute approximate surface area is 165 Å². The van der Waals surface area contributed by atoms with Gasteiger partial charge in [0.2, 0.25) is 0 Å². The zero-order chi connectivity index (χ0) is 19.3. The van der Waals surface area contributed by atoms with Crippen LogP contribution in [0, 0.1) is 0 Å². The maximum absolute atomic E-state index is 6.07. The number of benzene rings is 1. The monoisotopic (exact) mass is 391 g/mol.